The van der Waals surface area contributed by atoms with E-state index in [-0.39, 0.29) is 18.8 Å². The van der Waals surface area contributed by atoms with Crippen molar-refractivity contribution in [1.29, 1.82) is 0 Å². The quantitative estimate of drug-likeness (QED) is 0.881. The van der Waals surface area contributed by atoms with Crippen LogP contribution in [0.1, 0.15) is 21.5 Å². The molecule has 0 fully saturated rings. The van der Waals surface area contributed by atoms with Crippen LogP contribution >= 0.6 is 0 Å². The van der Waals surface area contributed by atoms with E-state index in [1.165, 1.54) is 12.1 Å². The van der Waals surface area contributed by atoms with Gasteiger partial charge in [-0.05, 0) is 35.4 Å². The molecule has 0 radical (unpaired) electrons. The number of benzene rings is 2. The highest BCUT2D eigenvalue weighted by atomic mass is 19.1. The van der Waals surface area contributed by atoms with Gasteiger partial charge in [0.15, 0.2) is 0 Å². The van der Waals surface area contributed by atoms with Gasteiger partial charge in [0.05, 0.1) is 12.2 Å². The summed E-state index contributed by atoms with van der Waals surface area (Å²) < 4.78 is 18.7. The van der Waals surface area contributed by atoms with Crippen molar-refractivity contribution in [1.82, 2.24) is 0 Å². The molecule has 0 amide bonds. The number of rotatable bonds is 5. The molecule has 0 aromatic heterocycles. The largest absolute Gasteiger partial charge is 0.489 e. The summed E-state index contributed by atoms with van der Waals surface area (Å²) in [6, 6.07) is 10.7. The molecule has 5 heteroatoms. The molecule has 0 saturated carbocycles. The smallest absolute Gasteiger partial charge is 0.338 e. The van der Waals surface area contributed by atoms with Crippen LogP contribution in [-0.2, 0) is 13.2 Å². The highest BCUT2D eigenvalue weighted by Crippen LogP contribution is 2.17. The Balaban J connectivity index is 2.10. The number of carboxylic acid groups (broad SMARTS) is 1. The number of hydrogen-bond donors (Lipinski definition) is 2. The number of aliphatic hydroxyl groups excluding tert-OH is 1. The van der Waals surface area contributed by atoms with Gasteiger partial charge in [-0.1, -0.05) is 18.2 Å². The molecule has 104 valence electrons. The van der Waals surface area contributed by atoms with Crippen LogP contribution in [0.3, 0.4) is 0 Å². The molecular formula is C15H13FO4. The Bertz CT molecular complexity index is 625. The van der Waals surface area contributed by atoms with Gasteiger partial charge in [-0.3, -0.25) is 0 Å². The number of aromatic carboxylic acids is 1. The molecular weight excluding hydrogens is 263 g/mol. The van der Waals surface area contributed by atoms with Crippen LogP contribution in [0.5, 0.6) is 5.75 Å². The van der Waals surface area contributed by atoms with Crippen molar-refractivity contribution >= 4 is 5.97 Å². The lowest BCUT2D eigenvalue weighted by Gasteiger charge is -2.08. The third-order valence-corrected chi connectivity index (χ3v) is 2.75. The third-order valence-electron chi connectivity index (χ3n) is 2.75. The first kappa shape index (κ1) is 14.0. The monoisotopic (exact) mass is 276 g/mol. The van der Waals surface area contributed by atoms with Crippen molar-refractivity contribution in [2.75, 3.05) is 0 Å². The first-order valence-electron chi connectivity index (χ1n) is 5.94. The molecule has 0 unspecified atom stereocenters. The lowest BCUT2D eigenvalue weighted by atomic mass is 10.1. The van der Waals surface area contributed by atoms with Gasteiger partial charge in [0.25, 0.3) is 0 Å². The number of hydrogen-bond acceptors (Lipinski definition) is 3. The Kier molecular flexibility index (Phi) is 4.32. The zero-order chi connectivity index (χ0) is 14.5. The van der Waals surface area contributed by atoms with E-state index in [1.54, 1.807) is 24.3 Å². The van der Waals surface area contributed by atoms with E-state index in [0.29, 0.717) is 16.9 Å². The van der Waals surface area contributed by atoms with E-state index in [9.17, 15) is 9.18 Å². The van der Waals surface area contributed by atoms with Crippen molar-refractivity contribution in [3.05, 3.63) is 65.0 Å². The Morgan fingerprint density at radius 3 is 2.65 bits per heavy atom. The number of carbonyl (C=O) groups is 1. The zero-order valence-corrected chi connectivity index (χ0v) is 10.5. The van der Waals surface area contributed by atoms with Crippen LogP contribution in [0.4, 0.5) is 4.39 Å². The normalized spacial score (nSPS) is 10.3. The number of halogens is 1. The van der Waals surface area contributed by atoms with E-state index >= 15 is 0 Å². The minimum atomic E-state index is -1.31. The molecule has 0 saturated heterocycles. The summed E-state index contributed by atoms with van der Waals surface area (Å²) in [5.41, 5.74) is 0.890. The van der Waals surface area contributed by atoms with E-state index < -0.39 is 11.8 Å². The molecule has 0 heterocycles. The maximum atomic E-state index is 13.2. The van der Waals surface area contributed by atoms with Gasteiger partial charge < -0.3 is 14.9 Å². The van der Waals surface area contributed by atoms with Crippen molar-refractivity contribution in [2.45, 2.75) is 13.2 Å². The predicted octanol–water partition coefficient (Wildman–Crippen LogP) is 2.60. The van der Waals surface area contributed by atoms with E-state index in [0.717, 1.165) is 6.07 Å². The van der Waals surface area contributed by atoms with Crippen LogP contribution < -0.4 is 4.74 Å². The van der Waals surface area contributed by atoms with Gasteiger partial charge in [-0.25, -0.2) is 9.18 Å². The second-order valence-electron chi connectivity index (χ2n) is 4.21. The topological polar surface area (TPSA) is 66.8 Å². The molecule has 4 nitrogen and oxygen atoms in total. The molecule has 0 spiro atoms. The number of carboxylic acids is 1. The molecule has 0 bridgehead atoms. The molecule has 2 N–H and O–H groups in total. The summed E-state index contributed by atoms with van der Waals surface area (Å²) in [4.78, 5) is 10.8. The van der Waals surface area contributed by atoms with Crippen molar-refractivity contribution in [2.24, 2.45) is 0 Å². The van der Waals surface area contributed by atoms with E-state index in [2.05, 4.69) is 0 Å². The first-order valence-corrected chi connectivity index (χ1v) is 5.94. The summed E-state index contributed by atoms with van der Waals surface area (Å²) >= 11 is 0. The van der Waals surface area contributed by atoms with Crippen molar-refractivity contribution in [3.63, 3.8) is 0 Å². The standard InChI is InChI=1S/C15H13FO4/c16-14-5-4-11(7-13(14)15(18)19)9-20-12-3-1-2-10(6-12)8-17/h1-7,17H,8-9H2,(H,18,19). The lowest BCUT2D eigenvalue weighted by molar-refractivity contribution is 0.0691. The van der Waals surface area contributed by atoms with Crippen LogP contribution in [0, 0.1) is 5.82 Å². The molecule has 2 rings (SSSR count). The maximum Gasteiger partial charge on any atom is 0.338 e. The van der Waals surface area contributed by atoms with Gasteiger partial charge in [0.1, 0.15) is 18.2 Å². The fraction of sp³-hybridized carbons (Fsp3) is 0.133. The van der Waals surface area contributed by atoms with Crippen molar-refractivity contribution in [3.8, 4) is 5.75 Å². The molecule has 2 aromatic rings. The second-order valence-corrected chi connectivity index (χ2v) is 4.21. The second kappa shape index (κ2) is 6.16. The predicted molar refractivity (Wildman–Crippen MR) is 70.1 cm³/mol. The summed E-state index contributed by atoms with van der Waals surface area (Å²) in [7, 11) is 0. The molecule has 0 atom stereocenters. The van der Waals surface area contributed by atoms with Gasteiger partial charge in [-0.2, -0.15) is 0 Å². The Hall–Kier alpha value is -2.40. The molecule has 20 heavy (non-hydrogen) atoms. The fourth-order valence-corrected chi connectivity index (χ4v) is 1.73. The Morgan fingerprint density at radius 2 is 1.95 bits per heavy atom. The maximum absolute atomic E-state index is 13.2. The van der Waals surface area contributed by atoms with E-state index in [1.807, 2.05) is 0 Å². The van der Waals surface area contributed by atoms with E-state index in [4.69, 9.17) is 14.9 Å². The SMILES string of the molecule is O=C(O)c1cc(COc2cccc(CO)c2)ccc1F. The van der Waals surface area contributed by atoms with Gasteiger partial charge in [-0.15, -0.1) is 0 Å². The summed E-state index contributed by atoms with van der Waals surface area (Å²) in [5.74, 6) is -1.53. The molecule has 0 aliphatic rings. The highest BCUT2D eigenvalue weighted by molar-refractivity contribution is 5.88. The minimum absolute atomic E-state index is 0.0864. The van der Waals surface area contributed by atoms with Gasteiger partial charge in [0, 0.05) is 0 Å². The van der Waals surface area contributed by atoms with Crippen LogP contribution in [-0.4, -0.2) is 16.2 Å². The lowest BCUT2D eigenvalue weighted by Crippen LogP contribution is -2.03. The number of ether oxygens (including phenoxy) is 1. The zero-order valence-electron chi connectivity index (χ0n) is 10.5. The van der Waals surface area contributed by atoms with Crippen LogP contribution in [0.25, 0.3) is 0 Å². The van der Waals surface area contributed by atoms with Crippen LogP contribution in [0.2, 0.25) is 0 Å². The fourth-order valence-electron chi connectivity index (χ4n) is 1.73. The van der Waals surface area contributed by atoms with Gasteiger partial charge in [0.2, 0.25) is 0 Å². The highest BCUT2D eigenvalue weighted by Gasteiger charge is 2.11. The first-order chi connectivity index (χ1) is 9.60. The average Bonchev–Trinajstić information content (AvgIpc) is 2.46. The molecule has 2 aromatic carbocycles. The van der Waals surface area contributed by atoms with Crippen LogP contribution in [0.15, 0.2) is 42.5 Å². The summed E-state index contributed by atoms with van der Waals surface area (Å²) in [5, 5.41) is 17.8. The van der Waals surface area contributed by atoms with Gasteiger partial charge >= 0.3 is 5.97 Å². The Morgan fingerprint density at radius 1 is 1.15 bits per heavy atom. The minimum Gasteiger partial charge on any atom is -0.489 e. The Labute approximate surface area is 115 Å². The third kappa shape index (κ3) is 3.33. The number of aliphatic hydroxyl groups is 1. The molecule has 0 aliphatic carbocycles. The van der Waals surface area contributed by atoms with Crippen molar-refractivity contribution < 1.29 is 24.1 Å². The summed E-state index contributed by atoms with van der Waals surface area (Å²) in [6.45, 7) is 0.0341. The summed E-state index contributed by atoms with van der Waals surface area (Å²) in [6.07, 6.45) is 0. The molecule has 0 aliphatic heterocycles. The average molecular weight is 276 g/mol.